The molecule has 7 heteroatoms. The molecule has 2 N–H and O–H groups in total. The molecule has 0 spiro atoms. The molecule has 3 rings (SSSR count). The summed E-state index contributed by atoms with van der Waals surface area (Å²) in [4.78, 5) is 25.0. The van der Waals surface area contributed by atoms with E-state index in [9.17, 15) is 9.59 Å². The van der Waals surface area contributed by atoms with E-state index in [1.54, 1.807) is 68.6 Å². The highest BCUT2D eigenvalue weighted by Gasteiger charge is 2.16. The second kappa shape index (κ2) is 10.00. The summed E-state index contributed by atoms with van der Waals surface area (Å²) in [6.07, 6.45) is -0.714. The molecule has 2 amide bonds. The molecule has 3 aromatic carbocycles. The molecule has 0 heterocycles. The molecule has 1 atom stereocenters. The number of nitrogens with one attached hydrogen (secondary N) is 2. The Balaban J connectivity index is 1.60. The first-order chi connectivity index (χ1) is 14.9. The Morgan fingerprint density at radius 1 is 0.935 bits per heavy atom. The normalized spacial score (nSPS) is 11.4. The fraction of sp³-hybridized carbons (Fsp3) is 0.167. The molecule has 6 nitrogen and oxygen atoms in total. The summed E-state index contributed by atoms with van der Waals surface area (Å²) in [5, 5.41) is 6.21. The van der Waals surface area contributed by atoms with Crippen molar-refractivity contribution in [2.24, 2.45) is 0 Å². The van der Waals surface area contributed by atoms with Gasteiger partial charge in [0.25, 0.3) is 11.8 Å². The van der Waals surface area contributed by atoms with Crippen LogP contribution in [0.4, 0.5) is 11.4 Å². The Morgan fingerprint density at radius 3 is 2.32 bits per heavy atom. The van der Waals surface area contributed by atoms with Crippen LogP contribution in [0.25, 0.3) is 0 Å². The van der Waals surface area contributed by atoms with Crippen LogP contribution in [0, 0.1) is 6.92 Å². The molecule has 0 fully saturated rings. The molecular formula is C24H23ClN2O4. The van der Waals surface area contributed by atoms with Gasteiger partial charge < -0.3 is 20.1 Å². The van der Waals surface area contributed by atoms with E-state index >= 15 is 0 Å². The lowest BCUT2D eigenvalue weighted by Crippen LogP contribution is -2.30. The lowest BCUT2D eigenvalue weighted by Gasteiger charge is -2.16. The summed E-state index contributed by atoms with van der Waals surface area (Å²) < 4.78 is 11.0. The lowest BCUT2D eigenvalue weighted by molar-refractivity contribution is -0.122. The van der Waals surface area contributed by atoms with Crippen LogP contribution in [0.5, 0.6) is 11.5 Å². The summed E-state index contributed by atoms with van der Waals surface area (Å²) in [5.74, 6) is 0.581. The maximum atomic E-state index is 12.5. The standard InChI is InChI=1S/C24H23ClN2O4/c1-15-14-18(25)10-13-21(15)31-16(2)23(28)26-19-11-8-17(9-12-19)24(29)27-20-6-4-5-7-22(20)30-3/h4-14,16H,1-3H3,(H,26,28)(H,27,29). The van der Waals surface area contributed by atoms with Gasteiger partial charge in [-0.1, -0.05) is 23.7 Å². The number of hydrogen-bond acceptors (Lipinski definition) is 4. The SMILES string of the molecule is COc1ccccc1NC(=O)c1ccc(NC(=O)C(C)Oc2ccc(Cl)cc2C)cc1. The van der Waals surface area contributed by atoms with E-state index in [4.69, 9.17) is 21.1 Å². The Hall–Kier alpha value is -3.51. The van der Waals surface area contributed by atoms with Crippen molar-refractivity contribution in [2.45, 2.75) is 20.0 Å². The van der Waals surface area contributed by atoms with Crippen molar-refractivity contribution in [3.8, 4) is 11.5 Å². The van der Waals surface area contributed by atoms with Crippen LogP contribution in [0.3, 0.4) is 0 Å². The van der Waals surface area contributed by atoms with Crippen molar-refractivity contribution in [3.63, 3.8) is 0 Å². The topological polar surface area (TPSA) is 76.7 Å². The molecule has 0 saturated carbocycles. The minimum atomic E-state index is -0.714. The number of para-hydroxylation sites is 2. The summed E-state index contributed by atoms with van der Waals surface area (Å²) >= 11 is 5.95. The van der Waals surface area contributed by atoms with Crippen LogP contribution in [-0.4, -0.2) is 25.0 Å². The number of carbonyl (C=O) groups excluding carboxylic acids is 2. The van der Waals surface area contributed by atoms with Crippen molar-refractivity contribution < 1.29 is 19.1 Å². The number of anilines is 2. The summed E-state index contributed by atoms with van der Waals surface area (Å²) in [5.41, 5.74) is 2.43. The van der Waals surface area contributed by atoms with Crippen LogP contribution in [-0.2, 0) is 4.79 Å². The lowest BCUT2D eigenvalue weighted by atomic mass is 10.1. The second-order valence-electron chi connectivity index (χ2n) is 6.89. The van der Waals surface area contributed by atoms with Gasteiger partial charge in [0.2, 0.25) is 0 Å². The van der Waals surface area contributed by atoms with E-state index in [-0.39, 0.29) is 11.8 Å². The van der Waals surface area contributed by atoms with E-state index in [0.717, 1.165) is 5.56 Å². The fourth-order valence-electron chi connectivity index (χ4n) is 2.88. The Morgan fingerprint density at radius 2 is 1.65 bits per heavy atom. The zero-order chi connectivity index (χ0) is 22.4. The summed E-state index contributed by atoms with van der Waals surface area (Å²) in [6, 6.07) is 19.0. The molecular weight excluding hydrogens is 416 g/mol. The highest BCUT2D eigenvalue weighted by molar-refractivity contribution is 6.30. The van der Waals surface area contributed by atoms with Gasteiger partial charge in [-0.25, -0.2) is 0 Å². The van der Waals surface area contributed by atoms with Crippen LogP contribution < -0.4 is 20.1 Å². The maximum absolute atomic E-state index is 12.5. The first-order valence-corrected chi connectivity index (χ1v) is 10.0. The van der Waals surface area contributed by atoms with Crippen molar-refractivity contribution in [1.82, 2.24) is 0 Å². The Labute approximate surface area is 186 Å². The van der Waals surface area contributed by atoms with Gasteiger partial charge in [0, 0.05) is 16.3 Å². The summed E-state index contributed by atoms with van der Waals surface area (Å²) in [6.45, 7) is 3.53. The number of rotatable bonds is 7. The average molecular weight is 439 g/mol. The second-order valence-corrected chi connectivity index (χ2v) is 7.33. The number of amides is 2. The van der Waals surface area contributed by atoms with Crippen molar-refractivity contribution >= 4 is 34.8 Å². The predicted molar refractivity (Wildman–Crippen MR) is 122 cm³/mol. The number of methoxy groups -OCH3 is 1. The quantitative estimate of drug-likeness (QED) is 0.523. The van der Waals surface area contributed by atoms with Gasteiger partial charge in [-0.3, -0.25) is 9.59 Å². The molecule has 0 aliphatic rings. The monoisotopic (exact) mass is 438 g/mol. The number of benzene rings is 3. The van der Waals surface area contributed by atoms with Gasteiger partial charge >= 0.3 is 0 Å². The van der Waals surface area contributed by atoms with Gasteiger partial charge in [0.15, 0.2) is 6.10 Å². The van der Waals surface area contributed by atoms with Crippen molar-refractivity contribution in [1.29, 1.82) is 0 Å². The van der Waals surface area contributed by atoms with Gasteiger partial charge in [-0.2, -0.15) is 0 Å². The van der Waals surface area contributed by atoms with Crippen LogP contribution in [0.15, 0.2) is 66.7 Å². The maximum Gasteiger partial charge on any atom is 0.265 e. The van der Waals surface area contributed by atoms with Crippen molar-refractivity contribution in [3.05, 3.63) is 82.9 Å². The molecule has 1 unspecified atom stereocenters. The van der Waals surface area contributed by atoms with Crippen LogP contribution in [0.2, 0.25) is 5.02 Å². The molecule has 0 aromatic heterocycles. The van der Waals surface area contributed by atoms with Crippen LogP contribution >= 0.6 is 11.6 Å². The molecule has 0 aliphatic heterocycles. The van der Waals surface area contributed by atoms with Gasteiger partial charge in [-0.15, -0.1) is 0 Å². The van der Waals surface area contributed by atoms with E-state index in [1.807, 2.05) is 19.1 Å². The predicted octanol–water partition coefficient (Wildman–Crippen LogP) is 5.32. The van der Waals surface area contributed by atoms with E-state index < -0.39 is 6.10 Å². The molecule has 3 aromatic rings. The van der Waals surface area contributed by atoms with Gasteiger partial charge in [0.05, 0.1) is 12.8 Å². The molecule has 31 heavy (non-hydrogen) atoms. The van der Waals surface area contributed by atoms with E-state index in [1.165, 1.54) is 0 Å². The smallest absolute Gasteiger partial charge is 0.265 e. The first-order valence-electron chi connectivity index (χ1n) is 9.65. The van der Waals surface area contributed by atoms with E-state index in [0.29, 0.717) is 33.5 Å². The molecule has 0 bridgehead atoms. The highest BCUT2D eigenvalue weighted by atomic mass is 35.5. The third-order valence-electron chi connectivity index (χ3n) is 4.58. The molecule has 160 valence electrons. The van der Waals surface area contributed by atoms with E-state index in [2.05, 4.69) is 10.6 Å². The molecule has 0 saturated heterocycles. The molecule has 0 aliphatic carbocycles. The number of halogens is 1. The largest absolute Gasteiger partial charge is 0.495 e. The van der Waals surface area contributed by atoms with Gasteiger partial charge in [-0.05, 0) is 74.0 Å². The zero-order valence-electron chi connectivity index (χ0n) is 17.4. The number of hydrogen-bond donors (Lipinski definition) is 2. The minimum absolute atomic E-state index is 0.280. The highest BCUT2D eigenvalue weighted by Crippen LogP contribution is 2.25. The number of carbonyl (C=O) groups is 2. The third kappa shape index (κ3) is 5.77. The number of aryl methyl sites for hydroxylation is 1. The van der Waals surface area contributed by atoms with Crippen molar-refractivity contribution in [2.75, 3.05) is 17.7 Å². The fourth-order valence-corrected chi connectivity index (χ4v) is 3.11. The van der Waals surface area contributed by atoms with Gasteiger partial charge in [0.1, 0.15) is 11.5 Å². The molecule has 0 radical (unpaired) electrons. The Bertz CT molecular complexity index is 1080. The Kier molecular flexibility index (Phi) is 7.15. The number of ether oxygens (including phenoxy) is 2. The summed E-state index contributed by atoms with van der Waals surface area (Å²) in [7, 11) is 1.54. The zero-order valence-corrected chi connectivity index (χ0v) is 18.2. The minimum Gasteiger partial charge on any atom is -0.495 e. The average Bonchev–Trinajstić information content (AvgIpc) is 2.76. The third-order valence-corrected chi connectivity index (χ3v) is 4.81. The first kappa shape index (κ1) is 22.2. The van der Waals surface area contributed by atoms with Crippen LogP contribution in [0.1, 0.15) is 22.8 Å².